The number of furan rings is 1. The van der Waals surface area contributed by atoms with E-state index in [0.29, 0.717) is 25.4 Å². The zero-order chi connectivity index (χ0) is 18.8. The Morgan fingerprint density at radius 1 is 1.12 bits per heavy atom. The fourth-order valence-corrected chi connectivity index (χ4v) is 1.97. The van der Waals surface area contributed by atoms with Gasteiger partial charge < -0.3 is 24.5 Å². The number of halogens is 2. The van der Waals surface area contributed by atoms with Crippen LogP contribution in [0.3, 0.4) is 0 Å². The summed E-state index contributed by atoms with van der Waals surface area (Å²) in [5.41, 5.74) is -0.0188. The lowest BCUT2D eigenvalue weighted by atomic mass is 10.3. The van der Waals surface area contributed by atoms with Crippen LogP contribution in [-0.2, 0) is 20.9 Å². The van der Waals surface area contributed by atoms with Crippen LogP contribution >= 0.6 is 0 Å². The Morgan fingerprint density at radius 3 is 2.65 bits per heavy atom. The summed E-state index contributed by atoms with van der Waals surface area (Å²) in [5.74, 6) is -1.40. The third-order valence-corrected chi connectivity index (χ3v) is 3.13. The van der Waals surface area contributed by atoms with Crippen molar-refractivity contribution in [1.82, 2.24) is 5.32 Å². The predicted octanol–water partition coefficient (Wildman–Crippen LogP) is 2.54. The van der Waals surface area contributed by atoms with Crippen molar-refractivity contribution in [3.8, 4) is 5.75 Å². The lowest BCUT2D eigenvalue weighted by molar-refractivity contribution is -0.136. The topological polar surface area (TPSA) is 89.8 Å². The molecule has 1 aromatic carbocycles. The first-order valence-corrected chi connectivity index (χ1v) is 7.79. The van der Waals surface area contributed by atoms with E-state index in [-0.39, 0.29) is 18.0 Å². The first-order chi connectivity index (χ1) is 12.6. The molecule has 0 aliphatic rings. The molecule has 0 unspecified atom stereocenters. The molecule has 7 nitrogen and oxygen atoms in total. The first-order valence-electron chi connectivity index (χ1n) is 7.79. The van der Waals surface area contributed by atoms with E-state index in [1.807, 2.05) is 0 Å². The highest BCUT2D eigenvalue weighted by Gasteiger charge is 2.16. The number of carbonyl (C=O) groups excluding carboxylic acids is 2. The number of carbonyl (C=O) groups is 2. The van der Waals surface area contributed by atoms with E-state index in [9.17, 15) is 18.4 Å². The molecule has 0 spiro atoms. The molecule has 0 radical (unpaired) electrons. The Labute approximate surface area is 148 Å². The van der Waals surface area contributed by atoms with Crippen molar-refractivity contribution in [3.05, 3.63) is 48.4 Å². The monoisotopic (exact) mass is 368 g/mol. The molecule has 26 heavy (non-hydrogen) atoms. The predicted molar refractivity (Wildman–Crippen MR) is 87.7 cm³/mol. The van der Waals surface area contributed by atoms with E-state index in [1.165, 1.54) is 24.3 Å². The molecule has 2 amide bonds. The van der Waals surface area contributed by atoms with Crippen LogP contribution in [0.25, 0.3) is 0 Å². The van der Waals surface area contributed by atoms with E-state index in [4.69, 9.17) is 9.15 Å². The molecule has 0 fully saturated rings. The number of amides is 2. The minimum Gasteiger partial charge on any atom is -0.467 e. The van der Waals surface area contributed by atoms with Gasteiger partial charge in [-0.1, -0.05) is 12.1 Å². The second-order valence-corrected chi connectivity index (χ2v) is 5.07. The van der Waals surface area contributed by atoms with Gasteiger partial charge in [0.2, 0.25) is 0 Å². The van der Waals surface area contributed by atoms with Crippen LogP contribution in [0.2, 0.25) is 0 Å². The maximum Gasteiger partial charge on any atom is 0.387 e. The molecule has 0 aliphatic carbocycles. The summed E-state index contributed by atoms with van der Waals surface area (Å²) < 4.78 is 39.4. The molecule has 1 aromatic heterocycles. The SMILES string of the molecule is O=C(NCCCOCc1ccco1)C(=O)Nc1ccccc1OC(F)F. The maximum atomic E-state index is 12.3. The van der Waals surface area contributed by atoms with Crippen molar-refractivity contribution in [2.75, 3.05) is 18.5 Å². The third kappa shape index (κ3) is 6.52. The number of benzene rings is 1. The fraction of sp³-hybridized carbons (Fsp3) is 0.294. The largest absolute Gasteiger partial charge is 0.467 e. The summed E-state index contributed by atoms with van der Waals surface area (Å²) in [6.07, 6.45) is 2.03. The van der Waals surface area contributed by atoms with Gasteiger partial charge in [0.1, 0.15) is 18.1 Å². The lowest BCUT2D eigenvalue weighted by Gasteiger charge is -2.11. The van der Waals surface area contributed by atoms with Gasteiger partial charge in [-0.15, -0.1) is 0 Å². The fourth-order valence-electron chi connectivity index (χ4n) is 1.97. The van der Waals surface area contributed by atoms with Gasteiger partial charge in [0.15, 0.2) is 0 Å². The molecular weight excluding hydrogens is 350 g/mol. The van der Waals surface area contributed by atoms with E-state index >= 15 is 0 Å². The van der Waals surface area contributed by atoms with Gasteiger partial charge in [0.05, 0.1) is 12.0 Å². The Balaban J connectivity index is 1.68. The molecule has 9 heteroatoms. The molecule has 2 rings (SSSR count). The molecule has 0 saturated carbocycles. The van der Waals surface area contributed by atoms with Gasteiger partial charge in [0.25, 0.3) is 0 Å². The maximum absolute atomic E-state index is 12.3. The van der Waals surface area contributed by atoms with Crippen molar-refractivity contribution in [1.29, 1.82) is 0 Å². The second-order valence-electron chi connectivity index (χ2n) is 5.07. The van der Waals surface area contributed by atoms with Gasteiger partial charge in [-0.3, -0.25) is 9.59 Å². The Hall–Kier alpha value is -2.94. The number of ether oxygens (including phenoxy) is 2. The number of alkyl halides is 2. The summed E-state index contributed by atoms with van der Waals surface area (Å²) in [6, 6.07) is 9.13. The van der Waals surface area contributed by atoms with Crippen molar-refractivity contribution < 1.29 is 32.3 Å². The van der Waals surface area contributed by atoms with Crippen LogP contribution in [0.15, 0.2) is 47.1 Å². The van der Waals surface area contributed by atoms with Gasteiger partial charge in [0, 0.05) is 13.2 Å². The number of anilines is 1. The first kappa shape index (κ1) is 19.4. The third-order valence-electron chi connectivity index (χ3n) is 3.13. The summed E-state index contributed by atoms with van der Waals surface area (Å²) in [4.78, 5) is 23.5. The molecule has 2 aromatic rings. The van der Waals surface area contributed by atoms with Crippen molar-refractivity contribution in [3.63, 3.8) is 0 Å². The quantitative estimate of drug-likeness (QED) is 0.524. The van der Waals surface area contributed by atoms with Crippen molar-refractivity contribution in [2.24, 2.45) is 0 Å². The summed E-state index contributed by atoms with van der Waals surface area (Å²) >= 11 is 0. The number of hydrogen-bond donors (Lipinski definition) is 2. The molecule has 2 N–H and O–H groups in total. The van der Waals surface area contributed by atoms with E-state index in [2.05, 4.69) is 15.4 Å². The lowest BCUT2D eigenvalue weighted by Crippen LogP contribution is -2.36. The normalized spacial score (nSPS) is 10.6. The molecule has 1 heterocycles. The van der Waals surface area contributed by atoms with Crippen LogP contribution in [0, 0.1) is 0 Å². The highest BCUT2D eigenvalue weighted by atomic mass is 19.3. The molecular formula is C17H18F2N2O5. The average Bonchev–Trinajstić information content (AvgIpc) is 3.12. The molecule has 0 atom stereocenters. The van der Waals surface area contributed by atoms with Gasteiger partial charge in [-0.2, -0.15) is 8.78 Å². The highest BCUT2D eigenvalue weighted by Crippen LogP contribution is 2.25. The number of nitrogens with one attached hydrogen (secondary N) is 2. The van der Waals surface area contributed by atoms with E-state index < -0.39 is 18.4 Å². The average molecular weight is 368 g/mol. The van der Waals surface area contributed by atoms with Crippen LogP contribution in [-0.4, -0.2) is 31.6 Å². The number of rotatable bonds is 9. The van der Waals surface area contributed by atoms with Gasteiger partial charge in [-0.25, -0.2) is 0 Å². The zero-order valence-electron chi connectivity index (χ0n) is 13.7. The van der Waals surface area contributed by atoms with Gasteiger partial charge in [-0.05, 0) is 30.7 Å². The zero-order valence-corrected chi connectivity index (χ0v) is 13.7. The molecule has 0 saturated heterocycles. The van der Waals surface area contributed by atoms with E-state index in [1.54, 1.807) is 18.4 Å². The van der Waals surface area contributed by atoms with E-state index in [0.717, 1.165) is 0 Å². The summed E-state index contributed by atoms with van der Waals surface area (Å²) in [7, 11) is 0. The molecule has 0 aliphatic heterocycles. The minimum atomic E-state index is -3.04. The summed E-state index contributed by atoms with van der Waals surface area (Å²) in [6.45, 7) is -2.13. The van der Waals surface area contributed by atoms with Gasteiger partial charge >= 0.3 is 18.4 Å². The molecule has 140 valence electrons. The Morgan fingerprint density at radius 2 is 1.92 bits per heavy atom. The van der Waals surface area contributed by atoms with Crippen molar-refractivity contribution in [2.45, 2.75) is 19.6 Å². The van der Waals surface area contributed by atoms with Crippen LogP contribution in [0.4, 0.5) is 14.5 Å². The minimum absolute atomic E-state index is 0.0188. The highest BCUT2D eigenvalue weighted by molar-refractivity contribution is 6.39. The van der Waals surface area contributed by atoms with Crippen LogP contribution in [0.5, 0.6) is 5.75 Å². The Kier molecular flexibility index (Phi) is 7.56. The standard InChI is InChI=1S/C17H18F2N2O5/c18-17(19)26-14-7-2-1-6-13(14)21-16(23)15(22)20-8-4-9-24-11-12-5-3-10-25-12/h1-3,5-7,10,17H,4,8-9,11H2,(H,20,22)(H,21,23). The Bertz CT molecular complexity index is 707. The number of hydrogen-bond acceptors (Lipinski definition) is 5. The number of para-hydroxylation sites is 2. The molecule has 0 bridgehead atoms. The van der Waals surface area contributed by atoms with Crippen LogP contribution in [0.1, 0.15) is 12.2 Å². The van der Waals surface area contributed by atoms with Crippen LogP contribution < -0.4 is 15.4 Å². The summed E-state index contributed by atoms with van der Waals surface area (Å²) in [5, 5.41) is 4.65. The van der Waals surface area contributed by atoms with Crippen molar-refractivity contribution >= 4 is 17.5 Å². The second kappa shape index (κ2) is 10.1. The smallest absolute Gasteiger partial charge is 0.387 e.